The number of thioether (sulfide) groups is 1. The molecular weight excluding hydrogens is 374 g/mol. The Hall–Kier alpha value is -2.80. The first-order valence-corrected chi connectivity index (χ1v) is 10.00. The molecule has 146 valence electrons. The number of rotatable bonds is 10. The Kier molecular flexibility index (Phi) is 7.08. The van der Waals surface area contributed by atoms with Gasteiger partial charge in [0, 0.05) is 24.8 Å². The van der Waals surface area contributed by atoms with Crippen molar-refractivity contribution < 1.29 is 14.3 Å². The Morgan fingerprint density at radius 3 is 2.43 bits per heavy atom. The van der Waals surface area contributed by atoms with Gasteiger partial charge in [-0.15, -0.1) is 10.2 Å². The van der Waals surface area contributed by atoms with E-state index in [1.54, 1.807) is 31.0 Å². The molecule has 0 atom stereocenters. The summed E-state index contributed by atoms with van der Waals surface area (Å²) in [5.41, 5.74) is 1.82. The normalized spacial score (nSPS) is 10.6. The maximum absolute atomic E-state index is 10.6. The fraction of sp³-hybridized carbons (Fsp3) is 0.286. The van der Waals surface area contributed by atoms with Crippen molar-refractivity contribution in [1.29, 1.82) is 0 Å². The lowest BCUT2D eigenvalue weighted by Crippen LogP contribution is -2.02. The number of hydrogen-bond acceptors (Lipinski definition) is 6. The molecule has 28 heavy (non-hydrogen) atoms. The quantitative estimate of drug-likeness (QED) is 0.295. The third-order valence-corrected chi connectivity index (χ3v) is 5.36. The van der Waals surface area contributed by atoms with E-state index >= 15 is 0 Å². The molecule has 0 N–H and O–H groups in total. The highest BCUT2D eigenvalue weighted by atomic mass is 32.2. The number of benzene rings is 2. The molecule has 0 aliphatic carbocycles. The monoisotopic (exact) mass is 397 g/mol. The van der Waals surface area contributed by atoms with Crippen molar-refractivity contribution in [2.45, 2.75) is 18.0 Å². The fourth-order valence-corrected chi connectivity index (χ4v) is 3.45. The molecule has 0 fully saturated rings. The second kappa shape index (κ2) is 9.94. The average molecular weight is 398 g/mol. The van der Waals surface area contributed by atoms with Crippen LogP contribution in [0.5, 0.6) is 11.5 Å². The first-order chi connectivity index (χ1) is 13.7. The molecule has 3 aromatic rings. The van der Waals surface area contributed by atoms with Crippen LogP contribution in [0.4, 0.5) is 0 Å². The van der Waals surface area contributed by atoms with Crippen LogP contribution in [0.25, 0.3) is 0 Å². The summed E-state index contributed by atoms with van der Waals surface area (Å²) in [4.78, 5) is 10.6. The Balaban J connectivity index is 1.44. The van der Waals surface area contributed by atoms with Crippen LogP contribution in [-0.2, 0) is 13.5 Å². The van der Waals surface area contributed by atoms with Gasteiger partial charge in [0.05, 0.1) is 13.7 Å². The summed E-state index contributed by atoms with van der Waals surface area (Å²) in [7, 11) is 3.65. The van der Waals surface area contributed by atoms with E-state index in [-0.39, 0.29) is 0 Å². The Labute approximate surface area is 168 Å². The van der Waals surface area contributed by atoms with Crippen molar-refractivity contribution in [1.82, 2.24) is 14.8 Å². The lowest BCUT2D eigenvalue weighted by atomic mass is 10.1. The highest BCUT2D eigenvalue weighted by Crippen LogP contribution is 2.20. The summed E-state index contributed by atoms with van der Waals surface area (Å²) in [6, 6.07) is 15.1. The fourth-order valence-electron chi connectivity index (χ4n) is 2.61. The van der Waals surface area contributed by atoms with Gasteiger partial charge in [-0.2, -0.15) is 0 Å². The molecule has 3 rings (SSSR count). The van der Waals surface area contributed by atoms with E-state index in [1.807, 2.05) is 48.0 Å². The van der Waals surface area contributed by atoms with Gasteiger partial charge in [0.25, 0.3) is 0 Å². The zero-order chi connectivity index (χ0) is 19.8. The minimum absolute atomic E-state index is 0.615. The molecule has 0 amide bonds. The van der Waals surface area contributed by atoms with Gasteiger partial charge in [-0.25, -0.2) is 0 Å². The number of nitrogens with zero attached hydrogens (tertiary/aromatic N) is 3. The molecule has 2 aromatic carbocycles. The zero-order valence-electron chi connectivity index (χ0n) is 16.0. The molecule has 0 bridgehead atoms. The zero-order valence-corrected chi connectivity index (χ0v) is 16.8. The molecule has 0 saturated carbocycles. The molecule has 7 heteroatoms. The van der Waals surface area contributed by atoms with Crippen LogP contribution in [0.1, 0.15) is 28.2 Å². The van der Waals surface area contributed by atoms with Crippen molar-refractivity contribution in [2.24, 2.45) is 7.05 Å². The molecule has 0 radical (unpaired) electrons. The molecule has 0 unspecified atom stereocenters. The predicted octanol–water partition coefficient (Wildman–Crippen LogP) is 3.79. The Bertz CT molecular complexity index is 892. The average Bonchev–Trinajstić information content (AvgIpc) is 3.08. The summed E-state index contributed by atoms with van der Waals surface area (Å²) in [6.07, 6.45) is 2.44. The number of aldehydes is 1. The van der Waals surface area contributed by atoms with Gasteiger partial charge in [0.15, 0.2) is 5.16 Å². The largest absolute Gasteiger partial charge is 0.497 e. The lowest BCUT2D eigenvalue weighted by Gasteiger charge is -2.07. The Morgan fingerprint density at radius 2 is 1.75 bits per heavy atom. The second-order valence-electron chi connectivity index (χ2n) is 6.22. The molecule has 0 aliphatic rings. The standard InChI is InChI=1S/C21H23N3O3S/c1-24-20(14-16-4-8-18(26-2)9-5-16)22-23-21(24)28-13-3-12-27-19-10-6-17(15-25)7-11-19/h4-11,15H,3,12-14H2,1-2H3. The van der Waals surface area contributed by atoms with Crippen LogP contribution in [0.2, 0.25) is 0 Å². The van der Waals surface area contributed by atoms with Crippen LogP contribution in [0.3, 0.4) is 0 Å². The third kappa shape index (κ3) is 5.36. The van der Waals surface area contributed by atoms with Crippen molar-refractivity contribution in [2.75, 3.05) is 19.5 Å². The van der Waals surface area contributed by atoms with Gasteiger partial charge < -0.3 is 14.0 Å². The van der Waals surface area contributed by atoms with Crippen LogP contribution in [0, 0.1) is 0 Å². The van der Waals surface area contributed by atoms with Crippen LogP contribution in [0.15, 0.2) is 53.7 Å². The molecule has 0 spiro atoms. The van der Waals surface area contributed by atoms with Gasteiger partial charge in [-0.1, -0.05) is 23.9 Å². The van der Waals surface area contributed by atoms with Gasteiger partial charge in [0.2, 0.25) is 0 Å². The van der Waals surface area contributed by atoms with Crippen molar-refractivity contribution in [3.05, 3.63) is 65.5 Å². The van der Waals surface area contributed by atoms with E-state index in [4.69, 9.17) is 9.47 Å². The topological polar surface area (TPSA) is 66.2 Å². The van der Waals surface area contributed by atoms with E-state index in [2.05, 4.69) is 10.2 Å². The van der Waals surface area contributed by atoms with Crippen molar-refractivity contribution in [3.63, 3.8) is 0 Å². The smallest absolute Gasteiger partial charge is 0.190 e. The summed E-state index contributed by atoms with van der Waals surface area (Å²) >= 11 is 1.67. The second-order valence-corrected chi connectivity index (χ2v) is 7.28. The predicted molar refractivity (Wildman–Crippen MR) is 109 cm³/mol. The maximum Gasteiger partial charge on any atom is 0.190 e. The van der Waals surface area contributed by atoms with E-state index in [0.717, 1.165) is 47.4 Å². The number of hydrogen-bond donors (Lipinski definition) is 0. The highest BCUT2D eigenvalue weighted by Gasteiger charge is 2.10. The number of ether oxygens (including phenoxy) is 2. The first kappa shape index (κ1) is 19.9. The van der Waals surface area contributed by atoms with Gasteiger partial charge in [-0.05, 0) is 48.4 Å². The lowest BCUT2D eigenvalue weighted by molar-refractivity contribution is 0.112. The molecular formula is C21H23N3O3S. The minimum Gasteiger partial charge on any atom is -0.497 e. The van der Waals surface area contributed by atoms with E-state index in [9.17, 15) is 4.79 Å². The minimum atomic E-state index is 0.615. The number of methoxy groups -OCH3 is 1. The van der Waals surface area contributed by atoms with E-state index in [0.29, 0.717) is 12.2 Å². The van der Waals surface area contributed by atoms with Gasteiger partial charge in [0.1, 0.15) is 23.6 Å². The summed E-state index contributed by atoms with van der Waals surface area (Å²) in [5.74, 6) is 3.44. The third-order valence-electron chi connectivity index (χ3n) is 4.25. The summed E-state index contributed by atoms with van der Waals surface area (Å²) in [5, 5.41) is 9.52. The Morgan fingerprint density at radius 1 is 1.04 bits per heavy atom. The van der Waals surface area contributed by atoms with Crippen LogP contribution >= 0.6 is 11.8 Å². The summed E-state index contributed by atoms with van der Waals surface area (Å²) < 4.78 is 12.9. The molecule has 6 nitrogen and oxygen atoms in total. The van der Waals surface area contributed by atoms with Crippen molar-refractivity contribution in [3.8, 4) is 11.5 Å². The number of carbonyl (C=O) groups excluding carboxylic acids is 1. The number of carbonyl (C=O) groups is 1. The maximum atomic E-state index is 10.6. The molecule has 1 aromatic heterocycles. The SMILES string of the molecule is COc1ccc(Cc2nnc(SCCCOc3ccc(C=O)cc3)n2C)cc1. The molecule has 0 saturated heterocycles. The number of aromatic nitrogens is 3. The molecule has 0 aliphatic heterocycles. The van der Waals surface area contributed by atoms with Gasteiger partial charge in [-0.3, -0.25) is 4.79 Å². The van der Waals surface area contributed by atoms with E-state index < -0.39 is 0 Å². The molecule has 1 heterocycles. The van der Waals surface area contributed by atoms with Crippen LogP contribution < -0.4 is 9.47 Å². The van der Waals surface area contributed by atoms with Crippen LogP contribution in [-0.4, -0.2) is 40.5 Å². The van der Waals surface area contributed by atoms with Crippen molar-refractivity contribution >= 4 is 18.0 Å². The summed E-state index contributed by atoms with van der Waals surface area (Å²) in [6.45, 7) is 0.615. The first-order valence-electron chi connectivity index (χ1n) is 9.01. The van der Waals surface area contributed by atoms with Gasteiger partial charge >= 0.3 is 0 Å². The van der Waals surface area contributed by atoms with E-state index in [1.165, 1.54) is 5.56 Å². The highest BCUT2D eigenvalue weighted by molar-refractivity contribution is 7.99.